The second-order valence-corrected chi connectivity index (χ2v) is 16.0. The second kappa shape index (κ2) is 26.3. The lowest BCUT2D eigenvalue weighted by Crippen LogP contribution is -2.59. The number of hydrogen-bond acceptors (Lipinski definition) is 12. The minimum Gasteiger partial charge on any atom is -0.480 e. The van der Waals surface area contributed by atoms with Crippen molar-refractivity contribution in [3.63, 3.8) is 0 Å². The molecule has 1 aromatic rings. The number of nitrogens with one attached hydrogen (secondary N) is 4. The number of hydrogen-bond donors (Lipinski definition) is 11. The van der Waals surface area contributed by atoms with Crippen LogP contribution in [0.4, 0.5) is 0 Å². The van der Waals surface area contributed by atoms with Crippen molar-refractivity contribution >= 4 is 59.2 Å². The third kappa shape index (κ3) is 16.7. The molecule has 354 valence electrons. The third-order valence-electron chi connectivity index (χ3n) is 11.0. The number of likely N-dealkylation sites (tertiary alicyclic amines) is 2. The van der Waals surface area contributed by atoms with E-state index in [1.165, 1.54) is 9.80 Å². The summed E-state index contributed by atoms with van der Waals surface area (Å²) < 4.78 is 0. The molecule has 2 aliphatic rings. The number of guanidine groups is 1. The van der Waals surface area contributed by atoms with E-state index in [2.05, 4.69) is 26.3 Å². The lowest BCUT2D eigenvalue weighted by Gasteiger charge is -2.32. The number of carboxylic acids is 1. The third-order valence-corrected chi connectivity index (χ3v) is 11.0. The van der Waals surface area contributed by atoms with Crippen LogP contribution in [-0.4, -0.2) is 143 Å². The van der Waals surface area contributed by atoms with Crippen LogP contribution in [0.3, 0.4) is 0 Å². The van der Waals surface area contributed by atoms with Crippen molar-refractivity contribution in [2.75, 3.05) is 26.2 Å². The molecular formula is C41H65N13O10. The summed E-state index contributed by atoms with van der Waals surface area (Å²) in [5.74, 6) is -7.27. The Morgan fingerprint density at radius 1 is 0.656 bits per heavy atom. The maximum absolute atomic E-state index is 14.3. The van der Waals surface area contributed by atoms with E-state index >= 15 is 0 Å². The van der Waals surface area contributed by atoms with Crippen molar-refractivity contribution in [1.29, 1.82) is 0 Å². The van der Waals surface area contributed by atoms with Crippen LogP contribution in [0.5, 0.6) is 0 Å². The summed E-state index contributed by atoms with van der Waals surface area (Å²) >= 11 is 0. The summed E-state index contributed by atoms with van der Waals surface area (Å²) in [7, 11) is 0. The zero-order chi connectivity index (χ0) is 47.3. The number of unbranched alkanes of at least 4 members (excludes halogenated alkanes) is 1. The lowest BCUT2D eigenvalue weighted by molar-refractivity contribution is -0.144. The van der Waals surface area contributed by atoms with Crippen LogP contribution in [0.15, 0.2) is 35.3 Å². The maximum Gasteiger partial charge on any atom is 0.326 e. The quantitative estimate of drug-likeness (QED) is 0.0230. The van der Waals surface area contributed by atoms with E-state index in [1.54, 1.807) is 30.3 Å². The SMILES string of the molecule is NCCCC[C@@H](NC(=O)[C@H]1CCCN1C(=O)[C@@H](N)CCCN=C(N)N)C(=O)N1CCC[C@@H]1C(=O)N[C@H](CCC(N)=O)C(=O)N[C@@H](CCC(N)=O)C(=O)N[C@H](Cc1ccccc1)C(=O)O. The van der Waals surface area contributed by atoms with Gasteiger partial charge in [0, 0.05) is 38.9 Å². The average Bonchev–Trinajstić information content (AvgIpc) is 3.95. The fourth-order valence-electron chi connectivity index (χ4n) is 7.65. The molecule has 17 N–H and O–H groups in total. The second-order valence-electron chi connectivity index (χ2n) is 16.0. The number of benzene rings is 1. The highest BCUT2D eigenvalue weighted by molar-refractivity contribution is 5.97. The van der Waals surface area contributed by atoms with Crippen LogP contribution in [0.1, 0.15) is 89.0 Å². The first kappa shape index (κ1) is 52.0. The van der Waals surface area contributed by atoms with E-state index < -0.39 is 95.5 Å². The fourth-order valence-corrected chi connectivity index (χ4v) is 7.65. The molecule has 64 heavy (non-hydrogen) atoms. The topological polar surface area (TPSA) is 397 Å². The van der Waals surface area contributed by atoms with Gasteiger partial charge in [0.1, 0.15) is 36.3 Å². The number of primary amides is 2. The Balaban J connectivity index is 1.77. The molecule has 0 unspecified atom stereocenters. The largest absolute Gasteiger partial charge is 0.480 e. The van der Waals surface area contributed by atoms with Gasteiger partial charge in [-0.25, -0.2) is 4.79 Å². The van der Waals surface area contributed by atoms with Gasteiger partial charge >= 0.3 is 5.97 Å². The lowest BCUT2D eigenvalue weighted by atomic mass is 10.0. The highest BCUT2D eigenvalue weighted by atomic mass is 16.4. The first-order valence-electron chi connectivity index (χ1n) is 21.6. The van der Waals surface area contributed by atoms with Crippen LogP contribution in [0, 0.1) is 0 Å². The van der Waals surface area contributed by atoms with Crippen LogP contribution in [0.2, 0.25) is 0 Å². The van der Waals surface area contributed by atoms with Crippen molar-refractivity contribution in [3.05, 3.63) is 35.9 Å². The number of rotatable bonds is 27. The van der Waals surface area contributed by atoms with Crippen molar-refractivity contribution in [2.45, 2.75) is 132 Å². The number of carbonyl (C=O) groups is 9. The Morgan fingerprint density at radius 2 is 1.17 bits per heavy atom. The van der Waals surface area contributed by atoms with Crippen molar-refractivity contribution < 1.29 is 48.3 Å². The maximum atomic E-state index is 14.3. The molecule has 8 amide bonds. The summed E-state index contributed by atoms with van der Waals surface area (Å²) in [4.78, 5) is 125. The highest BCUT2D eigenvalue weighted by Gasteiger charge is 2.42. The molecule has 0 aliphatic carbocycles. The van der Waals surface area contributed by atoms with E-state index in [0.29, 0.717) is 50.6 Å². The molecule has 0 spiro atoms. The Labute approximate surface area is 371 Å². The first-order valence-corrected chi connectivity index (χ1v) is 21.6. The molecule has 2 heterocycles. The number of amides is 8. The molecule has 0 bridgehead atoms. The minimum atomic E-state index is -1.49. The summed E-state index contributed by atoms with van der Waals surface area (Å²) in [6.45, 7) is 1.02. The van der Waals surface area contributed by atoms with Crippen LogP contribution < -0.4 is 55.7 Å². The molecule has 2 fully saturated rings. The van der Waals surface area contributed by atoms with E-state index in [-0.39, 0.29) is 77.0 Å². The number of nitrogens with two attached hydrogens (primary N) is 6. The Bertz CT molecular complexity index is 1830. The van der Waals surface area contributed by atoms with Crippen molar-refractivity contribution in [3.8, 4) is 0 Å². The zero-order valence-corrected chi connectivity index (χ0v) is 36.1. The van der Waals surface area contributed by atoms with E-state index in [1.807, 2.05) is 0 Å². The first-order chi connectivity index (χ1) is 30.4. The van der Waals surface area contributed by atoms with Crippen molar-refractivity contribution in [2.24, 2.45) is 39.4 Å². The van der Waals surface area contributed by atoms with Gasteiger partial charge in [0.05, 0.1) is 6.04 Å². The van der Waals surface area contributed by atoms with E-state index in [9.17, 15) is 48.3 Å². The number of nitrogens with zero attached hydrogens (tertiary/aromatic N) is 3. The molecule has 23 heteroatoms. The van der Waals surface area contributed by atoms with Gasteiger partial charge in [-0.05, 0) is 82.7 Å². The predicted molar refractivity (Wildman–Crippen MR) is 233 cm³/mol. The molecule has 0 radical (unpaired) electrons. The highest BCUT2D eigenvalue weighted by Crippen LogP contribution is 2.23. The van der Waals surface area contributed by atoms with Crippen molar-refractivity contribution in [1.82, 2.24) is 31.1 Å². The Morgan fingerprint density at radius 3 is 1.69 bits per heavy atom. The van der Waals surface area contributed by atoms with Crippen LogP contribution >= 0.6 is 0 Å². The molecule has 2 aliphatic heterocycles. The molecule has 0 saturated carbocycles. The summed E-state index contributed by atoms with van der Waals surface area (Å²) in [6.07, 6.45) is 1.81. The molecule has 7 atom stereocenters. The van der Waals surface area contributed by atoms with Gasteiger partial charge in [0.2, 0.25) is 47.3 Å². The zero-order valence-electron chi connectivity index (χ0n) is 36.1. The predicted octanol–water partition coefficient (Wildman–Crippen LogP) is -3.72. The van der Waals surface area contributed by atoms with Gasteiger partial charge in [-0.3, -0.25) is 43.3 Å². The van der Waals surface area contributed by atoms with Gasteiger partial charge in [-0.1, -0.05) is 30.3 Å². The molecular weight excluding hydrogens is 835 g/mol. The van der Waals surface area contributed by atoms with Crippen LogP contribution in [-0.2, 0) is 49.6 Å². The molecule has 2 saturated heterocycles. The van der Waals surface area contributed by atoms with Gasteiger partial charge in [-0.15, -0.1) is 0 Å². The van der Waals surface area contributed by atoms with Gasteiger partial charge in [0.25, 0.3) is 0 Å². The summed E-state index contributed by atoms with van der Waals surface area (Å²) in [5, 5.41) is 20.1. The molecule has 23 nitrogen and oxygen atoms in total. The molecule has 1 aromatic carbocycles. The number of carboxylic acid groups (broad SMARTS) is 1. The minimum absolute atomic E-state index is 0.0828. The molecule has 0 aromatic heterocycles. The Hall–Kier alpha value is -6.36. The number of aliphatic imine (C=N–C) groups is 1. The molecule has 3 rings (SSSR count). The Kier molecular flexibility index (Phi) is 21.4. The fraction of sp³-hybridized carbons (Fsp3) is 0.610. The summed E-state index contributed by atoms with van der Waals surface area (Å²) in [6, 6.07) is 0.0622. The van der Waals surface area contributed by atoms with Gasteiger partial charge in [0.15, 0.2) is 5.96 Å². The average molecular weight is 900 g/mol. The number of aliphatic carboxylic acids is 1. The van der Waals surface area contributed by atoms with Gasteiger partial charge < -0.3 is 70.6 Å². The smallest absolute Gasteiger partial charge is 0.326 e. The monoisotopic (exact) mass is 899 g/mol. The standard InChI is InChI=1S/C41H65N13O10/c42-19-5-4-12-28(51-37(60)30-13-7-21-53(30)38(61)25(43)11-6-20-48-41(46)47)39(62)54-22-8-14-31(54)36(59)50-27(16-18-33(45)56)34(57)49-26(15-17-32(44)55)35(58)52-29(40(63)64)23-24-9-2-1-3-10-24/h1-3,9-10,25-31H,4-8,11-23,42-43H2,(H2,44,55)(H2,45,56)(H,49,57)(H,50,59)(H,51,60)(H,52,58)(H,63,64)(H4,46,47,48)/t25-,26-,27+,28+,29+,30+,31+/m0/s1. The van der Waals surface area contributed by atoms with E-state index in [0.717, 1.165) is 0 Å². The van der Waals surface area contributed by atoms with E-state index in [4.69, 9.17) is 34.4 Å². The summed E-state index contributed by atoms with van der Waals surface area (Å²) in [5.41, 5.74) is 34.0. The van der Waals surface area contributed by atoms with Crippen LogP contribution in [0.25, 0.3) is 0 Å². The number of carbonyl (C=O) groups excluding carboxylic acids is 8. The van der Waals surface area contributed by atoms with Gasteiger partial charge in [-0.2, -0.15) is 0 Å². The normalized spacial score (nSPS) is 18.1.